The molecule has 0 saturated heterocycles. The van der Waals surface area contributed by atoms with E-state index in [2.05, 4.69) is 43.5 Å². The first kappa shape index (κ1) is 10.6. The zero-order valence-electron chi connectivity index (χ0n) is 9.09. The van der Waals surface area contributed by atoms with Crippen molar-refractivity contribution >= 4 is 11.8 Å². The van der Waals surface area contributed by atoms with Gasteiger partial charge in [-0.1, -0.05) is 13.8 Å². The molecule has 3 heteroatoms. The third-order valence-corrected chi connectivity index (χ3v) is 3.01. The van der Waals surface area contributed by atoms with Gasteiger partial charge in [0.05, 0.1) is 10.7 Å². The highest BCUT2D eigenvalue weighted by atomic mass is 32.2. The van der Waals surface area contributed by atoms with Gasteiger partial charge < -0.3 is 4.57 Å². The quantitative estimate of drug-likeness (QED) is 0.695. The number of hydrogen-bond acceptors (Lipinski definition) is 2. The van der Waals surface area contributed by atoms with E-state index in [1.54, 1.807) is 11.8 Å². The van der Waals surface area contributed by atoms with Crippen LogP contribution in [0, 0.1) is 6.92 Å². The molecule has 0 spiro atoms. The molecule has 0 aliphatic rings. The van der Waals surface area contributed by atoms with Crippen LogP contribution in [0.15, 0.2) is 5.03 Å². The summed E-state index contributed by atoms with van der Waals surface area (Å²) < 4.78 is 2.28. The average molecular weight is 198 g/mol. The van der Waals surface area contributed by atoms with Crippen LogP contribution in [0.4, 0.5) is 0 Å². The van der Waals surface area contributed by atoms with Gasteiger partial charge in [0.15, 0.2) is 0 Å². The Morgan fingerprint density at radius 1 is 1.46 bits per heavy atom. The van der Waals surface area contributed by atoms with Crippen molar-refractivity contribution in [2.45, 2.75) is 45.2 Å². The molecule has 0 aromatic carbocycles. The minimum atomic E-state index is 0.522. The Hall–Kier alpha value is -0.440. The number of aromatic nitrogens is 2. The molecule has 2 nitrogen and oxygen atoms in total. The Morgan fingerprint density at radius 2 is 2.08 bits per heavy atom. The smallest absolute Gasteiger partial charge is 0.106 e. The summed E-state index contributed by atoms with van der Waals surface area (Å²) in [4.78, 5) is 4.59. The Bertz CT molecular complexity index is 289. The molecule has 0 unspecified atom stereocenters. The Labute approximate surface area is 84.7 Å². The molecule has 1 rings (SSSR count). The topological polar surface area (TPSA) is 17.8 Å². The van der Waals surface area contributed by atoms with E-state index in [0.717, 1.165) is 12.4 Å². The van der Waals surface area contributed by atoms with Crippen molar-refractivity contribution in [2.24, 2.45) is 0 Å². The fourth-order valence-corrected chi connectivity index (χ4v) is 2.50. The first-order valence-corrected chi connectivity index (χ1v) is 5.95. The summed E-state index contributed by atoms with van der Waals surface area (Å²) in [7, 11) is 0. The van der Waals surface area contributed by atoms with Crippen LogP contribution >= 0.6 is 11.8 Å². The van der Waals surface area contributed by atoms with Crippen LogP contribution in [-0.4, -0.2) is 15.8 Å². The van der Waals surface area contributed by atoms with E-state index >= 15 is 0 Å². The molecule has 0 bridgehead atoms. The van der Waals surface area contributed by atoms with E-state index in [-0.39, 0.29) is 0 Å². The molecule has 0 saturated carbocycles. The van der Waals surface area contributed by atoms with E-state index in [1.807, 2.05) is 0 Å². The van der Waals surface area contributed by atoms with Crippen molar-refractivity contribution in [2.75, 3.05) is 6.26 Å². The summed E-state index contributed by atoms with van der Waals surface area (Å²) in [5.74, 6) is 1.66. The van der Waals surface area contributed by atoms with Crippen LogP contribution in [0.25, 0.3) is 0 Å². The van der Waals surface area contributed by atoms with Crippen molar-refractivity contribution in [1.82, 2.24) is 9.55 Å². The van der Waals surface area contributed by atoms with Gasteiger partial charge in [-0.05, 0) is 26.0 Å². The average Bonchev–Trinajstić information content (AvgIpc) is 2.41. The summed E-state index contributed by atoms with van der Waals surface area (Å²) in [5.41, 5.74) is 1.24. The van der Waals surface area contributed by atoms with Gasteiger partial charge in [-0.15, -0.1) is 11.8 Å². The molecular weight excluding hydrogens is 180 g/mol. The molecule has 1 aromatic rings. The van der Waals surface area contributed by atoms with Crippen LogP contribution in [0.5, 0.6) is 0 Å². The van der Waals surface area contributed by atoms with Crippen LogP contribution < -0.4 is 0 Å². The van der Waals surface area contributed by atoms with Gasteiger partial charge in [0.25, 0.3) is 0 Å². The highest BCUT2D eigenvalue weighted by molar-refractivity contribution is 7.98. The van der Waals surface area contributed by atoms with E-state index in [0.29, 0.717) is 5.92 Å². The summed E-state index contributed by atoms with van der Waals surface area (Å²) in [6.07, 6.45) is 2.12. The maximum atomic E-state index is 4.59. The maximum absolute atomic E-state index is 4.59. The van der Waals surface area contributed by atoms with Crippen molar-refractivity contribution in [3.63, 3.8) is 0 Å². The molecule has 0 amide bonds. The minimum Gasteiger partial charge on any atom is -0.324 e. The van der Waals surface area contributed by atoms with Crippen LogP contribution in [0.3, 0.4) is 0 Å². The molecule has 1 aromatic heterocycles. The lowest BCUT2D eigenvalue weighted by Gasteiger charge is -2.07. The SMILES string of the molecule is CCn1c(C)nc(C(C)C)c1SC. The molecule has 1 heterocycles. The fourth-order valence-electron chi connectivity index (χ4n) is 1.53. The standard InChI is InChI=1S/C10H18N2S/c1-6-12-8(4)11-9(7(2)3)10(12)13-5/h7H,6H2,1-5H3. The predicted molar refractivity (Wildman–Crippen MR) is 58.5 cm³/mol. The lowest BCUT2D eigenvalue weighted by Crippen LogP contribution is -1.99. The van der Waals surface area contributed by atoms with Crippen LogP contribution in [-0.2, 0) is 6.54 Å². The third-order valence-electron chi connectivity index (χ3n) is 2.19. The molecule has 0 radical (unpaired) electrons. The maximum Gasteiger partial charge on any atom is 0.106 e. The lowest BCUT2D eigenvalue weighted by molar-refractivity contribution is 0.665. The molecule has 0 fully saturated rings. The molecule has 0 aliphatic heterocycles. The summed E-state index contributed by atoms with van der Waals surface area (Å²) in [5, 5.41) is 1.33. The number of aryl methyl sites for hydroxylation is 1. The number of imidazole rings is 1. The number of rotatable bonds is 3. The lowest BCUT2D eigenvalue weighted by atomic mass is 10.1. The second kappa shape index (κ2) is 4.18. The van der Waals surface area contributed by atoms with Gasteiger partial charge in [0.2, 0.25) is 0 Å². The van der Waals surface area contributed by atoms with Crippen molar-refractivity contribution in [3.8, 4) is 0 Å². The van der Waals surface area contributed by atoms with Crippen molar-refractivity contribution < 1.29 is 0 Å². The monoisotopic (exact) mass is 198 g/mol. The van der Waals surface area contributed by atoms with Crippen LogP contribution in [0.2, 0.25) is 0 Å². The first-order valence-electron chi connectivity index (χ1n) is 4.72. The van der Waals surface area contributed by atoms with E-state index in [1.165, 1.54) is 10.7 Å². The second-order valence-electron chi connectivity index (χ2n) is 3.45. The minimum absolute atomic E-state index is 0.522. The van der Waals surface area contributed by atoms with E-state index < -0.39 is 0 Å². The van der Waals surface area contributed by atoms with E-state index in [9.17, 15) is 0 Å². The largest absolute Gasteiger partial charge is 0.324 e. The van der Waals surface area contributed by atoms with Gasteiger partial charge in [-0.2, -0.15) is 0 Å². The Morgan fingerprint density at radius 3 is 2.46 bits per heavy atom. The molecule has 0 atom stereocenters. The number of nitrogens with zero attached hydrogens (tertiary/aromatic N) is 2. The van der Waals surface area contributed by atoms with Gasteiger partial charge in [0.1, 0.15) is 5.82 Å². The Kier molecular flexibility index (Phi) is 3.42. The molecule has 0 aliphatic carbocycles. The highest BCUT2D eigenvalue weighted by Crippen LogP contribution is 2.27. The molecular formula is C10H18N2S. The second-order valence-corrected chi connectivity index (χ2v) is 4.25. The van der Waals surface area contributed by atoms with Crippen molar-refractivity contribution in [3.05, 3.63) is 11.5 Å². The van der Waals surface area contributed by atoms with Crippen molar-refractivity contribution in [1.29, 1.82) is 0 Å². The van der Waals surface area contributed by atoms with Gasteiger partial charge in [-0.3, -0.25) is 0 Å². The summed E-state index contributed by atoms with van der Waals surface area (Å²) in [6.45, 7) is 9.65. The van der Waals surface area contributed by atoms with Crippen LogP contribution in [0.1, 0.15) is 38.2 Å². The zero-order valence-corrected chi connectivity index (χ0v) is 9.90. The molecule has 0 N–H and O–H groups in total. The predicted octanol–water partition coefficient (Wildman–Crippen LogP) is 3.06. The number of hydrogen-bond donors (Lipinski definition) is 0. The Balaban J connectivity index is 3.21. The number of thioether (sulfide) groups is 1. The first-order chi connectivity index (χ1) is 6.11. The summed E-state index contributed by atoms with van der Waals surface area (Å²) >= 11 is 1.80. The van der Waals surface area contributed by atoms with Gasteiger partial charge in [0, 0.05) is 6.54 Å². The highest BCUT2D eigenvalue weighted by Gasteiger charge is 2.14. The summed E-state index contributed by atoms with van der Waals surface area (Å²) in [6, 6.07) is 0. The fraction of sp³-hybridized carbons (Fsp3) is 0.700. The third kappa shape index (κ3) is 1.90. The van der Waals surface area contributed by atoms with Gasteiger partial charge in [-0.25, -0.2) is 4.98 Å². The van der Waals surface area contributed by atoms with E-state index in [4.69, 9.17) is 0 Å². The molecule has 74 valence electrons. The molecule has 13 heavy (non-hydrogen) atoms. The zero-order chi connectivity index (χ0) is 10.0. The van der Waals surface area contributed by atoms with Gasteiger partial charge >= 0.3 is 0 Å². The normalized spacial score (nSPS) is 11.2.